The Morgan fingerprint density at radius 3 is 2.45 bits per heavy atom. The standard InChI is InChI=1S/C24H25F3O4/c1-2-17(12-15-6-8-18(9-7-15)24(25,26)27)20-13-19(28)21(22(29)31-20)23(10-3-11-30-23)14-16-4-5-16/h3,6-9,11,13,16-17,28H,2,4-5,10,12,14H2,1H3. The Kier molecular flexibility index (Phi) is 5.62. The van der Waals surface area contributed by atoms with E-state index in [1.165, 1.54) is 18.2 Å². The van der Waals surface area contributed by atoms with E-state index in [2.05, 4.69) is 0 Å². The number of hydrogen-bond donors (Lipinski definition) is 1. The van der Waals surface area contributed by atoms with Crippen molar-refractivity contribution in [3.05, 3.63) is 75.5 Å². The summed E-state index contributed by atoms with van der Waals surface area (Å²) >= 11 is 0. The molecule has 4 rings (SSSR count). The summed E-state index contributed by atoms with van der Waals surface area (Å²) in [6.45, 7) is 1.90. The maximum atomic E-state index is 12.9. The Morgan fingerprint density at radius 1 is 1.23 bits per heavy atom. The highest BCUT2D eigenvalue weighted by Crippen LogP contribution is 2.48. The zero-order valence-electron chi connectivity index (χ0n) is 17.2. The molecule has 0 amide bonds. The van der Waals surface area contributed by atoms with E-state index in [9.17, 15) is 23.1 Å². The molecule has 2 atom stereocenters. The van der Waals surface area contributed by atoms with Gasteiger partial charge in [0.15, 0.2) is 0 Å². The Balaban J connectivity index is 1.59. The van der Waals surface area contributed by atoms with Gasteiger partial charge in [-0.15, -0.1) is 0 Å². The van der Waals surface area contributed by atoms with Gasteiger partial charge in [-0.25, -0.2) is 4.79 Å². The van der Waals surface area contributed by atoms with Crippen LogP contribution < -0.4 is 5.63 Å². The Labute approximate surface area is 178 Å². The lowest BCUT2D eigenvalue weighted by molar-refractivity contribution is -0.137. The first-order valence-corrected chi connectivity index (χ1v) is 10.6. The van der Waals surface area contributed by atoms with E-state index in [-0.39, 0.29) is 17.2 Å². The van der Waals surface area contributed by atoms with E-state index in [1.807, 2.05) is 13.0 Å². The van der Waals surface area contributed by atoms with Gasteiger partial charge >= 0.3 is 11.8 Å². The molecule has 2 aromatic rings. The molecule has 2 unspecified atom stereocenters. The predicted octanol–water partition coefficient (Wildman–Crippen LogP) is 6.03. The highest BCUT2D eigenvalue weighted by atomic mass is 19.4. The van der Waals surface area contributed by atoms with Crippen LogP contribution in [0.3, 0.4) is 0 Å². The summed E-state index contributed by atoms with van der Waals surface area (Å²) in [5, 5.41) is 10.8. The molecule has 166 valence electrons. The van der Waals surface area contributed by atoms with E-state index in [0.29, 0.717) is 42.9 Å². The summed E-state index contributed by atoms with van der Waals surface area (Å²) in [6, 6.07) is 6.42. The normalized spacial score (nSPS) is 21.8. The highest BCUT2D eigenvalue weighted by molar-refractivity contribution is 5.38. The van der Waals surface area contributed by atoms with Crippen molar-refractivity contribution in [1.82, 2.24) is 0 Å². The summed E-state index contributed by atoms with van der Waals surface area (Å²) < 4.78 is 49.8. The summed E-state index contributed by atoms with van der Waals surface area (Å²) in [4.78, 5) is 12.9. The van der Waals surface area contributed by atoms with Gasteiger partial charge in [-0.3, -0.25) is 0 Å². The van der Waals surface area contributed by atoms with Crippen molar-refractivity contribution in [1.29, 1.82) is 0 Å². The van der Waals surface area contributed by atoms with E-state index in [1.54, 1.807) is 6.26 Å². The summed E-state index contributed by atoms with van der Waals surface area (Å²) in [6.07, 6.45) is 3.33. The quantitative estimate of drug-likeness (QED) is 0.578. The third kappa shape index (κ3) is 4.50. The van der Waals surface area contributed by atoms with Crippen LogP contribution in [0, 0.1) is 5.92 Å². The zero-order chi connectivity index (χ0) is 22.2. The summed E-state index contributed by atoms with van der Waals surface area (Å²) in [5.41, 5.74) is -1.37. The van der Waals surface area contributed by atoms with Gasteiger partial charge in [0.2, 0.25) is 0 Å². The lowest BCUT2D eigenvalue weighted by atomic mass is 9.85. The first kappa shape index (κ1) is 21.5. The third-order valence-corrected chi connectivity index (χ3v) is 6.22. The van der Waals surface area contributed by atoms with E-state index in [0.717, 1.165) is 25.0 Å². The first-order chi connectivity index (χ1) is 14.7. The van der Waals surface area contributed by atoms with Crippen molar-refractivity contribution >= 4 is 0 Å². The molecule has 0 saturated heterocycles. The molecular weight excluding hydrogens is 409 g/mol. The Hall–Kier alpha value is -2.70. The smallest absolute Gasteiger partial charge is 0.416 e. The van der Waals surface area contributed by atoms with Crippen LogP contribution in [0.5, 0.6) is 5.75 Å². The van der Waals surface area contributed by atoms with Crippen LogP contribution in [0.4, 0.5) is 13.2 Å². The van der Waals surface area contributed by atoms with Crippen LogP contribution in [-0.4, -0.2) is 5.11 Å². The topological polar surface area (TPSA) is 59.7 Å². The van der Waals surface area contributed by atoms with Gasteiger partial charge in [0.1, 0.15) is 22.7 Å². The fourth-order valence-electron chi connectivity index (χ4n) is 4.33. The number of halogens is 3. The van der Waals surface area contributed by atoms with Crippen LogP contribution in [-0.2, 0) is 22.9 Å². The fourth-order valence-corrected chi connectivity index (χ4v) is 4.33. The summed E-state index contributed by atoms with van der Waals surface area (Å²) in [7, 11) is 0. The number of benzene rings is 1. The van der Waals surface area contributed by atoms with Gasteiger partial charge < -0.3 is 14.3 Å². The van der Waals surface area contributed by atoms with Gasteiger partial charge in [0.05, 0.1) is 11.8 Å². The molecule has 4 nitrogen and oxygen atoms in total. The predicted molar refractivity (Wildman–Crippen MR) is 109 cm³/mol. The second-order valence-electron chi connectivity index (χ2n) is 8.54. The molecule has 1 N–H and O–H groups in total. The molecule has 0 bridgehead atoms. The maximum absolute atomic E-state index is 12.9. The molecule has 31 heavy (non-hydrogen) atoms. The van der Waals surface area contributed by atoms with Crippen molar-refractivity contribution in [2.45, 2.75) is 63.1 Å². The van der Waals surface area contributed by atoms with Crippen molar-refractivity contribution < 1.29 is 27.4 Å². The molecule has 1 aliphatic heterocycles. The monoisotopic (exact) mass is 434 g/mol. The molecule has 0 spiro atoms. The van der Waals surface area contributed by atoms with Gasteiger partial charge in [-0.05, 0) is 49.0 Å². The van der Waals surface area contributed by atoms with E-state index < -0.39 is 23.0 Å². The average Bonchev–Trinajstić information content (AvgIpc) is 3.40. The Morgan fingerprint density at radius 2 is 1.94 bits per heavy atom. The third-order valence-electron chi connectivity index (χ3n) is 6.22. The van der Waals surface area contributed by atoms with Crippen molar-refractivity contribution in [2.24, 2.45) is 5.92 Å². The van der Waals surface area contributed by atoms with E-state index >= 15 is 0 Å². The molecular formula is C24H25F3O4. The second kappa shape index (κ2) is 8.09. The second-order valence-corrected chi connectivity index (χ2v) is 8.54. The van der Waals surface area contributed by atoms with Gasteiger partial charge in [-0.2, -0.15) is 13.2 Å². The van der Waals surface area contributed by atoms with Crippen LogP contribution in [0.1, 0.15) is 67.4 Å². The molecule has 0 radical (unpaired) electrons. The average molecular weight is 434 g/mol. The van der Waals surface area contributed by atoms with Crippen molar-refractivity contribution in [2.75, 3.05) is 0 Å². The van der Waals surface area contributed by atoms with Gasteiger partial charge in [-0.1, -0.05) is 31.9 Å². The summed E-state index contributed by atoms with van der Waals surface area (Å²) in [5.74, 6) is 0.385. The first-order valence-electron chi connectivity index (χ1n) is 10.6. The molecule has 7 heteroatoms. The van der Waals surface area contributed by atoms with Crippen molar-refractivity contribution in [3.63, 3.8) is 0 Å². The molecule has 1 aromatic carbocycles. The SMILES string of the molecule is CCC(Cc1ccc(C(F)(F)F)cc1)c1cc(O)c(C2(CC3CC3)CC=CO2)c(=O)o1. The number of hydrogen-bond acceptors (Lipinski definition) is 4. The number of aromatic hydroxyl groups is 1. The lowest BCUT2D eigenvalue weighted by Gasteiger charge is -2.29. The largest absolute Gasteiger partial charge is 0.507 e. The number of rotatable bonds is 7. The van der Waals surface area contributed by atoms with Crippen LogP contribution in [0.15, 0.2) is 51.9 Å². The zero-order valence-corrected chi connectivity index (χ0v) is 17.2. The Bertz CT molecular complexity index is 1010. The number of ether oxygens (including phenoxy) is 1. The lowest BCUT2D eigenvalue weighted by Crippen LogP contribution is -2.32. The van der Waals surface area contributed by atoms with Crippen molar-refractivity contribution in [3.8, 4) is 5.75 Å². The van der Waals surface area contributed by atoms with Gasteiger partial charge in [0, 0.05) is 18.4 Å². The molecule has 1 aliphatic carbocycles. The molecule has 1 fully saturated rings. The highest BCUT2D eigenvalue weighted by Gasteiger charge is 2.45. The van der Waals surface area contributed by atoms with E-state index in [4.69, 9.17) is 9.15 Å². The minimum absolute atomic E-state index is 0.150. The molecule has 2 aliphatic rings. The minimum Gasteiger partial charge on any atom is -0.507 e. The van der Waals surface area contributed by atoms with Gasteiger partial charge in [0.25, 0.3) is 0 Å². The van der Waals surface area contributed by atoms with Crippen LogP contribution >= 0.6 is 0 Å². The maximum Gasteiger partial charge on any atom is 0.416 e. The van der Waals surface area contributed by atoms with Crippen LogP contribution in [0.25, 0.3) is 0 Å². The molecule has 1 saturated carbocycles. The minimum atomic E-state index is -4.38. The van der Waals surface area contributed by atoms with Crippen LogP contribution in [0.2, 0.25) is 0 Å². The molecule has 1 aromatic heterocycles. The number of alkyl halides is 3. The molecule has 2 heterocycles. The fraction of sp³-hybridized carbons (Fsp3) is 0.458.